The van der Waals surface area contributed by atoms with E-state index in [4.69, 9.17) is 4.74 Å². The number of para-hydroxylation sites is 1. The van der Waals surface area contributed by atoms with Crippen LogP contribution in [0.1, 0.15) is 20.8 Å². The van der Waals surface area contributed by atoms with Crippen LogP contribution in [0.3, 0.4) is 0 Å². The molecule has 0 aliphatic heterocycles. The summed E-state index contributed by atoms with van der Waals surface area (Å²) in [6, 6.07) is 31.8. The third-order valence-electron chi connectivity index (χ3n) is 5.44. The first kappa shape index (κ1) is 20.3. The first-order chi connectivity index (χ1) is 12.9. The normalized spacial score (nSPS) is 12.0. The Hall–Kier alpha value is -1.40. The monoisotopic (exact) mass is 567 g/mol. The summed E-state index contributed by atoms with van der Waals surface area (Å²) in [4.78, 5) is 0. The Morgan fingerprint density at radius 1 is 0.741 bits per heavy atom. The van der Waals surface area contributed by atoms with Crippen molar-refractivity contribution < 1.29 is 4.74 Å². The van der Waals surface area contributed by atoms with Gasteiger partial charge in [-0.15, -0.1) is 0 Å². The van der Waals surface area contributed by atoms with Gasteiger partial charge in [0, 0.05) is 0 Å². The summed E-state index contributed by atoms with van der Waals surface area (Å²) >= 11 is 1.01. The summed E-state index contributed by atoms with van der Waals surface area (Å²) in [7, 11) is -2.03. The predicted molar refractivity (Wildman–Crippen MR) is 120 cm³/mol. The maximum atomic E-state index is 6.30. The summed E-state index contributed by atoms with van der Waals surface area (Å²) in [5.41, 5.74) is 0. The molecule has 137 valence electrons. The molecule has 0 N–H and O–H groups in total. The molecule has 0 fully saturated rings. The summed E-state index contributed by atoms with van der Waals surface area (Å²) in [5, 5.41) is 3.16. The van der Waals surface area contributed by atoms with Gasteiger partial charge in [0.15, 0.2) is 0 Å². The quantitative estimate of drug-likeness (QED) is 0.411. The van der Waals surface area contributed by atoms with Gasteiger partial charge in [-0.3, -0.25) is 0 Å². The van der Waals surface area contributed by atoms with Crippen molar-refractivity contribution in [2.24, 2.45) is 0 Å². The topological polar surface area (TPSA) is 9.23 Å². The molecule has 0 aliphatic carbocycles. The van der Waals surface area contributed by atoms with Gasteiger partial charge in [0.05, 0.1) is 0 Å². The second kappa shape index (κ2) is 8.74. The van der Waals surface area contributed by atoms with Gasteiger partial charge in [-0.25, -0.2) is 0 Å². The van der Waals surface area contributed by atoms with Crippen molar-refractivity contribution in [1.82, 2.24) is 0 Å². The van der Waals surface area contributed by atoms with Crippen LogP contribution in [0.2, 0.25) is 11.1 Å². The third kappa shape index (κ3) is 4.37. The van der Waals surface area contributed by atoms with Gasteiger partial charge < -0.3 is 0 Å². The van der Waals surface area contributed by atoms with Crippen LogP contribution in [-0.2, 0) is 0 Å². The zero-order valence-corrected chi connectivity index (χ0v) is 21.3. The molecule has 0 bridgehead atoms. The molecule has 0 heterocycles. The standard InChI is InChI=1S/C24H27OSi.Pb/c1-24(2,3)26(22-15-9-5-10-16-22,23-17-11-6-12-18-23)20-19-25-21-13-7-4-8-14-21;/h4-13,15-18H,19-20H2,1-3H3;. The fraction of sp³-hybridized carbons (Fsp3) is 0.250. The Balaban J connectivity index is 2.00. The van der Waals surface area contributed by atoms with E-state index in [0.29, 0.717) is 0 Å². The molecule has 0 atom stereocenters. The van der Waals surface area contributed by atoms with Gasteiger partial charge in [-0.2, -0.15) is 0 Å². The van der Waals surface area contributed by atoms with E-state index in [9.17, 15) is 0 Å². The van der Waals surface area contributed by atoms with E-state index in [1.165, 1.54) is 13.5 Å². The molecule has 3 rings (SSSR count). The molecule has 0 saturated carbocycles. The van der Waals surface area contributed by atoms with E-state index in [1.807, 2.05) is 0 Å². The zero-order valence-electron chi connectivity index (χ0n) is 16.4. The molecule has 0 aliphatic rings. The van der Waals surface area contributed by atoms with Crippen molar-refractivity contribution in [2.45, 2.75) is 31.9 Å². The van der Waals surface area contributed by atoms with Crippen LogP contribution in [0.25, 0.3) is 0 Å². The number of ether oxygens (including phenoxy) is 1. The zero-order chi connectivity index (χ0) is 19.3. The molecule has 0 spiro atoms. The average Bonchev–Trinajstić information content (AvgIpc) is 2.67. The Kier molecular flexibility index (Phi) is 6.58. The van der Waals surface area contributed by atoms with Gasteiger partial charge in [0.2, 0.25) is 0 Å². The van der Waals surface area contributed by atoms with Crippen LogP contribution in [0, 0.1) is 0 Å². The number of rotatable bonds is 6. The van der Waals surface area contributed by atoms with E-state index in [1.54, 1.807) is 0 Å². The summed E-state index contributed by atoms with van der Waals surface area (Å²) in [6.45, 7) is 7.96. The molecular formula is C24H27OPbSi. The van der Waals surface area contributed by atoms with Gasteiger partial charge in [-0.05, 0) is 0 Å². The van der Waals surface area contributed by atoms with Crippen molar-refractivity contribution >= 4 is 47.3 Å². The first-order valence-corrected chi connectivity index (χ1v) is 13.6. The molecule has 0 saturated heterocycles. The van der Waals surface area contributed by atoms with Gasteiger partial charge in [0.25, 0.3) is 0 Å². The molecule has 3 aromatic rings. The fourth-order valence-electron chi connectivity index (χ4n) is 4.05. The fourth-order valence-corrected chi connectivity index (χ4v) is 10.4. The molecule has 27 heavy (non-hydrogen) atoms. The third-order valence-corrected chi connectivity index (χ3v) is 13.2. The van der Waals surface area contributed by atoms with E-state index in [0.717, 1.165) is 44.2 Å². The number of hydrogen-bond donors (Lipinski definition) is 0. The summed E-state index contributed by atoms with van der Waals surface area (Å²) in [6.07, 6.45) is 0. The van der Waals surface area contributed by atoms with Crippen LogP contribution >= 0.6 is 0 Å². The predicted octanol–water partition coefficient (Wildman–Crippen LogP) is 3.92. The van der Waals surface area contributed by atoms with Crippen LogP contribution in [0.15, 0.2) is 84.9 Å². The van der Waals surface area contributed by atoms with Crippen molar-refractivity contribution in [2.75, 3.05) is 6.61 Å². The first-order valence-electron chi connectivity index (χ1n) is 9.50. The molecule has 0 aromatic heterocycles. The molecule has 1 nitrogen and oxygen atoms in total. The van der Waals surface area contributed by atoms with Gasteiger partial charge >= 0.3 is 181 Å². The van der Waals surface area contributed by atoms with Crippen LogP contribution < -0.4 is 18.2 Å². The Bertz CT molecular complexity index is 817. The van der Waals surface area contributed by atoms with Crippen LogP contribution in [0.4, 0.5) is 0 Å². The minimum absolute atomic E-state index is 0.180. The van der Waals surface area contributed by atoms with E-state index in [-0.39, 0.29) is 5.04 Å². The van der Waals surface area contributed by atoms with Crippen molar-refractivity contribution in [3.05, 3.63) is 84.9 Å². The van der Waals surface area contributed by atoms with Crippen LogP contribution in [0.5, 0.6) is 5.75 Å². The van der Waals surface area contributed by atoms with E-state index in [2.05, 4.69) is 106 Å². The Morgan fingerprint density at radius 3 is 1.70 bits per heavy atom. The molecule has 0 unspecified atom stereocenters. The Morgan fingerprint density at radius 2 is 1.22 bits per heavy atom. The second-order valence-electron chi connectivity index (χ2n) is 7.98. The SMILES string of the molecule is CC(C)(C)[Si](CCOc1cccc[c]1[Pb])(c1ccccc1)c1ccccc1. The molecule has 0 amide bonds. The molecule has 3 radical (unpaired) electrons. The van der Waals surface area contributed by atoms with Crippen molar-refractivity contribution in [1.29, 1.82) is 0 Å². The van der Waals surface area contributed by atoms with Gasteiger partial charge in [-0.1, -0.05) is 0 Å². The maximum absolute atomic E-state index is 6.30. The van der Waals surface area contributed by atoms with Gasteiger partial charge in [0.1, 0.15) is 0 Å². The average molecular weight is 567 g/mol. The van der Waals surface area contributed by atoms with Crippen molar-refractivity contribution in [3.8, 4) is 5.75 Å². The summed E-state index contributed by atoms with van der Waals surface area (Å²) < 4.78 is 7.63. The number of benzene rings is 3. The van der Waals surface area contributed by atoms with E-state index >= 15 is 0 Å². The minimum atomic E-state index is -2.03. The molecule has 3 heteroatoms. The second-order valence-corrected chi connectivity index (χ2v) is 15.0. The van der Waals surface area contributed by atoms with E-state index < -0.39 is 8.07 Å². The Labute approximate surface area is 180 Å². The van der Waals surface area contributed by atoms with Crippen LogP contribution in [-0.4, -0.2) is 40.4 Å². The number of hydrogen-bond acceptors (Lipinski definition) is 1. The molecular weight excluding hydrogens is 540 g/mol. The molecule has 3 aromatic carbocycles. The van der Waals surface area contributed by atoms with Crippen molar-refractivity contribution in [3.63, 3.8) is 0 Å². The summed E-state index contributed by atoms with van der Waals surface area (Å²) in [5.74, 6) is 1.06.